The zero-order chi connectivity index (χ0) is 9.90. The van der Waals surface area contributed by atoms with Gasteiger partial charge < -0.3 is 5.32 Å². The standard InChI is InChI=1S/C7H11F3N2O/c8-7(9,10)4-12-2-1-6(3-12)11-5-13/h5-6H,1-4H2,(H,11,13). The van der Waals surface area contributed by atoms with Crippen molar-refractivity contribution in [2.45, 2.75) is 18.6 Å². The van der Waals surface area contributed by atoms with Gasteiger partial charge in [-0.1, -0.05) is 0 Å². The van der Waals surface area contributed by atoms with Gasteiger partial charge in [0.15, 0.2) is 0 Å². The molecule has 0 aliphatic carbocycles. The quantitative estimate of drug-likeness (QED) is 0.661. The summed E-state index contributed by atoms with van der Waals surface area (Å²) in [7, 11) is 0. The summed E-state index contributed by atoms with van der Waals surface area (Å²) in [5, 5.41) is 2.47. The first kappa shape index (κ1) is 10.3. The Hall–Kier alpha value is -0.780. The molecule has 1 aliphatic rings. The van der Waals surface area contributed by atoms with E-state index in [9.17, 15) is 18.0 Å². The molecule has 1 N–H and O–H groups in total. The molecule has 13 heavy (non-hydrogen) atoms. The van der Waals surface area contributed by atoms with Crippen LogP contribution in [-0.2, 0) is 4.79 Å². The number of halogens is 3. The number of nitrogens with zero attached hydrogens (tertiary/aromatic N) is 1. The van der Waals surface area contributed by atoms with E-state index in [4.69, 9.17) is 0 Å². The molecule has 0 aromatic heterocycles. The fourth-order valence-corrected chi connectivity index (χ4v) is 1.46. The Morgan fingerprint density at radius 1 is 1.54 bits per heavy atom. The van der Waals surface area contributed by atoms with Gasteiger partial charge in [-0.25, -0.2) is 0 Å². The van der Waals surface area contributed by atoms with E-state index in [1.54, 1.807) is 0 Å². The van der Waals surface area contributed by atoms with E-state index in [2.05, 4.69) is 5.32 Å². The van der Waals surface area contributed by atoms with E-state index >= 15 is 0 Å². The van der Waals surface area contributed by atoms with Crippen LogP contribution >= 0.6 is 0 Å². The highest BCUT2D eigenvalue weighted by molar-refractivity contribution is 5.46. The highest BCUT2D eigenvalue weighted by atomic mass is 19.4. The predicted molar refractivity (Wildman–Crippen MR) is 40.1 cm³/mol. The number of carbonyl (C=O) groups is 1. The first-order chi connectivity index (χ1) is 6.01. The molecule has 1 aliphatic heterocycles. The minimum absolute atomic E-state index is 0.125. The van der Waals surface area contributed by atoms with E-state index in [0.29, 0.717) is 19.4 Å². The van der Waals surface area contributed by atoms with Gasteiger partial charge >= 0.3 is 6.18 Å². The van der Waals surface area contributed by atoms with E-state index < -0.39 is 12.7 Å². The minimum Gasteiger partial charge on any atom is -0.355 e. The Morgan fingerprint density at radius 2 is 2.23 bits per heavy atom. The number of alkyl halides is 3. The van der Waals surface area contributed by atoms with Gasteiger partial charge in [0.05, 0.1) is 6.54 Å². The Bertz CT molecular complexity index is 183. The maximum atomic E-state index is 11.9. The summed E-state index contributed by atoms with van der Waals surface area (Å²) in [5.41, 5.74) is 0. The summed E-state index contributed by atoms with van der Waals surface area (Å²) in [5.74, 6) is 0. The normalized spacial score (nSPS) is 24.7. The van der Waals surface area contributed by atoms with Crippen molar-refractivity contribution in [1.82, 2.24) is 10.2 Å². The molecule has 0 saturated carbocycles. The van der Waals surface area contributed by atoms with Crippen LogP contribution in [0.25, 0.3) is 0 Å². The molecule has 6 heteroatoms. The predicted octanol–water partition coefficient (Wildman–Crippen LogP) is 0.369. The third-order valence-electron chi connectivity index (χ3n) is 1.98. The number of likely N-dealkylation sites (tertiary alicyclic amines) is 1. The van der Waals surface area contributed by atoms with Crippen LogP contribution in [0, 0.1) is 0 Å². The third kappa shape index (κ3) is 3.63. The molecule has 1 rings (SSSR count). The molecular formula is C7H11F3N2O. The monoisotopic (exact) mass is 196 g/mol. The summed E-state index contributed by atoms with van der Waals surface area (Å²) >= 11 is 0. The molecule has 0 aromatic carbocycles. The van der Waals surface area contributed by atoms with E-state index in [1.165, 1.54) is 4.90 Å². The Balaban J connectivity index is 2.29. The Labute approximate surface area is 73.9 Å². The largest absolute Gasteiger partial charge is 0.401 e. The molecule has 3 nitrogen and oxygen atoms in total. The van der Waals surface area contributed by atoms with Gasteiger partial charge in [0.25, 0.3) is 0 Å². The molecule has 76 valence electrons. The van der Waals surface area contributed by atoms with Crippen LogP contribution in [0.5, 0.6) is 0 Å². The highest BCUT2D eigenvalue weighted by Crippen LogP contribution is 2.19. The molecule has 0 spiro atoms. The van der Waals surface area contributed by atoms with Crippen molar-refractivity contribution < 1.29 is 18.0 Å². The van der Waals surface area contributed by atoms with Gasteiger partial charge in [-0.05, 0) is 6.42 Å². The van der Waals surface area contributed by atoms with Gasteiger partial charge in [0, 0.05) is 19.1 Å². The zero-order valence-electron chi connectivity index (χ0n) is 6.97. The van der Waals surface area contributed by atoms with E-state index in [0.717, 1.165) is 0 Å². The van der Waals surface area contributed by atoms with Crippen LogP contribution in [0.1, 0.15) is 6.42 Å². The Kier molecular flexibility index (Phi) is 3.13. The average molecular weight is 196 g/mol. The lowest BCUT2D eigenvalue weighted by molar-refractivity contribution is -0.143. The van der Waals surface area contributed by atoms with Crippen molar-refractivity contribution in [3.8, 4) is 0 Å². The molecule has 0 aromatic rings. The first-order valence-electron chi connectivity index (χ1n) is 4.00. The number of amides is 1. The van der Waals surface area contributed by atoms with Gasteiger partial charge in [0.1, 0.15) is 0 Å². The SMILES string of the molecule is O=CNC1CCN(CC(F)(F)F)C1. The van der Waals surface area contributed by atoms with Crippen LogP contribution in [-0.4, -0.2) is 43.2 Å². The number of rotatable bonds is 3. The molecular weight excluding hydrogens is 185 g/mol. The summed E-state index contributed by atoms with van der Waals surface area (Å²) in [6.07, 6.45) is -3.02. The molecule has 1 amide bonds. The maximum absolute atomic E-state index is 11.9. The summed E-state index contributed by atoms with van der Waals surface area (Å²) in [6, 6.07) is -0.125. The van der Waals surface area contributed by atoms with Crippen molar-refractivity contribution in [2.24, 2.45) is 0 Å². The summed E-state index contributed by atoms with van der Waals surface area (Å²) < 4.78 is 35.7. The van der Waals surface area contributed by atoms with E-state index in [1.807, 2.05) is 0 Å². The van der Waals surface area contributed by atoms with Gasteiger partial charge in [0.2, 0.25) is 6.41 Å². The van der Waals surface area contributed by atoms with Crippen LogP contribution in [0.3, 0.4) is 0 Å². The van der Waals surface area contributed by atoms with Crippen molar-refractivity contribution in [3.05, 3.63) is 0 Å². The molecule has 1 saturated heterocycles. The lowest BCUT2D eigenvalue weighted by Gasteiger charge is -2.17. The molecule has 1 atom stereocenters. The highest BCUT2D eigenvalue weighted by Gasteiger charge is 2.34. The fraction of sp³-hybridized carbons (Fsp3) is 0.857. The van der Waals surface area contributed by atoms with Crippen molar-refractivity contribution in [3.63, 3.8) is 0 Å². The summed E-state index contributed by atoms with van der Waals surface area (Å²) in [6.45, 7) is -0.201. The molecule has 0 radical (unpaired) electrons. The number of hydrogen-bond acceptors (Lipinski definition) is 2. The van der Waals surface area contributed by atoms with Gasteiger partial charge in [-0.2, -0.15) is 13.2 Å². The van der Waals surface area contributed by atoms with Crippen molar-refractivity contribution >= 4 is 6.41 Å². The topological polar surface area (TPSA) is 32.3 Å². The fourth-order valence-electron chi connectivity index (χ4n) is 1.46. The average Bonchev–Trinajstić information content (AvgIpc) is 2.33. The molecule has 1 unspecified atom stereocenters. The van der Waals surface area contributed by atoms with Crippen molar-refractivity contribution in [2.75, 3.05) is 19.6 Å². The Morgan fingerprint density at radius 3 is 2.77 bits per heavy atom. The van der Waals surface area contributed by atoms with Crippen LogP contribution in [0.15, 0.2) is 0 Å². The number of nitrogens with one attached hydrogen (secondary N) is 1. The molecule has 0 bridgehead atoms. The number of carbonyl (C=O) groups excluding carboxylic acids is 1. The van der Waals surface area contributed by atoms with Gasteiger partial charge in [-0.3, -0.25) is 9.69 Å². The lowest BCUT2D eigenvalue weighted by atomic mass is 10.3. The first-order valence-corrected chi connectivity index (χ1v) is 4.00. The second-order valence-electron chi connectivity index (χ2n) is 3.12. The summed E-state index contributed by atoms with van der Waals surface area (Å²) in [4.78, 5) is 11.3. The second-order valence-corrected chi connectivity index (χ2v) is 3.12. The lowest BCUT2D eigenvalue weighted by Crippen LogP contribution is -2.36. The van der Waals surface area contributed by atoms with E-state index in [-0.39, 0.29) is 12.6 Å². The second kappa shape index (κ2) is 3.95. The minimum atomic E-state index is -4.14. The molecule has 1 heterocycles. The van der Waals surface area contributed by atoms with Crippen molar-refractivity contribution in [1.29, 1.82) is 0 Å². The number of hydrogen-bond donors (Lipinski definition) is 1. The van der Waals surface area contributed by atoms with Crippen LogP contribution < -0.4 is 5.32 Å². The maximum Gasteiger partial charge on any atom is 0.401 e. The third-order valence-corrected chi connectivity index (χ3v) is 1.98. The smallest absolute Gasteiger partial charge is 0.355 e. The molecule has 1 fully saturated rings. The van der Waals surface area contributed by atoms with Gasteiger partial charge in [-0.15, -0.1) is 0 Å². The van der Waals surface area contributed by atoms with Crippen LogP contribution in [0.4, 0.5) is 13.2 Å². The van der Waals surface area contributed by atoms with Crippen LogP contribution in [0.2, 0.25) is 0 Å². The zero-order valence-corrected chi connectivity index (χ0v) is 6.97.